The van der Waals surface area contributed by atoms with Gasteiger partial charge in [0.15, 0.2) is 0 Å². The lowest BCUT2D eigenvalue weighted by atomic mass is 10.0. The average Bonchev–Trinajstić information content (AvgIpc) is 2.38. The number of carbonyl (C=O) groups is 1. The van der Waals surface area contributed by atoms with Crippen LogP contribution in [0.15, 0.2) is 18.2 Å². The number of amides is 1. The van der Waals surface area contributed by atoms with Crippen molar-refractivity contribution in [3.63, 3.8) is 0 Å². The molecule has 1 saturated heterocycles. The lowest BCUT2D eigenvalue weighted by Crippen LogP contribution is -2.50. The van der Waals surface area contributed by atoms with Gasteiger partial charge in [-0.15, -0.1) is 0 Å². The molecule has 1 fully saturated rings. The van der Waals surface area contributed by atoms with Gasteiger partial charge in [0.05, 0.1) is 0 Å². The Morgan fingerprint density at radius 3 is 2.26 bits per heavy atom. The summed E-state index contributed by atoms with van der Waals surface area (Å²) in [5, 5.41) is 0. The molecule has 2 rings (SSSR count). The van der Waals surface area contributed by atoms with E-state index in [0.29, 0.717) is 6.04 Å². The fourth-order valence-electron chi connectivity index (χ4n) is 2.67. The van der Waals surface area contributed by atoms with Gasteiger partial charge >= 0.3 is 0 Å². The Hall–Kier alpha value is -1.35. The molecule has 0 radical (unpaired) electrons. The molecule has 1 aromatic rings. The van der Waals surface area contributed by atoms with E-state index in [1.165, 1.54) is 5.56 Å². The number of aryl methyl sites for hydroxylation is 2. The topological polar surface area (TPSA) is 23.6 Å². The number of hydrogen-bond acceptors (Lipinski definition) is 2. The highest BCUT2D eigenvalue weighted by molar-refractivity contribution is 5.95. The molecule has 19 heavy (non-hydrogen) atoms. The first-order chi connectivity index (χ1) is 8.99. The maximum Gasteiger partial charge on any atom is 0.254 e. The van der Waals surface area contributed by atoms with Gasteiger partial charge in [0.1, 0.15) is 0 Å². The fraction of sp³-hybridized carbons (Fsp3) is 0.562. The number of benzene rings is 1. The summed E-state index contributed by atoms with van der Waals surface area (Å²) in [6.45, 7) is 12.1. The molecule has 0 aromatic heterocycles. The highest BCUT2D eigenvalue weighted by Gasteiger charge is 2.23. The molecule has 0 saturated carbocycles. The Kier molecular flexibility index (Phi) is 4.25. The van der Waals surface area contributed by atoms with Crippen LogP contribution in [-0.4, -0.2) is 47.9 Å². The van der Waals surface area contributed by atoms with E-state index in [0.717, 1.165) is 37.3 Å². The molecule has 1 aliphatic heterocycles. The Labute approximate surface area is 116 Å². The first kappa shape index (κ1) is 14.1. The smallest absolute Gasteiger partial charge is 0.254 e. The van der Waals surface area contributed by atoms with Gasteiger partial charge in [0.2, 0.25) is 0 Å². The van der Waals surface area contributed by atoms with E-state index >= 15 is 0 Å². The van der Waals surface area contributed by atoms with Crippen LogP contribution in [0, 0.1) is 13.8 Å². The molecule has 0 unspecified atom stereocenters. The van der Waals surface area contributed by atoms with Crippen molar-refractivity contribution in [2.75, 3.05) is 26.2 Å². The zero-order valence-electron chi connectivity index (χ0n) is 12.4. The molecule has 1 amide bonds. The quantitative estimate of drug-likeness (QED) is 0.815. The van der Waals surface area contributed by atoms with Crippen LogP contribution in [0.3, 0.4) is 0 Å². The lowest BCUT2D eigenvalue weighted by molar-refractivity contribution is 0.0595. The zero-order chi connectivity index (χ0) is 14.0. The number of hydrogen-bond donors (Lipinski definition) is 0. The molecule has 0 atom stereocenters. The molecular formula is C16H24N2O. The third-order valence-corrected chi connectivity index (χ3v) is 3.94. The summed E-state index contributed by atoms with van der Waals surface area (Å²) >= 11 is 0. The highest BCUT2D eigenvalue weighted by Crippen LogP contribution is 2.15. The van der Waals surface area contributed by atoms with Crippen LogP contribution in [0.25, 0.3) is 0 Å². The van der Waals surface area contributed by atoms with Crippen molar-refractivity contribution in [1.82, 2.24) is 9.80 Å². The van der Waals surface area contributed by atoms with Gasteiger partial charge < -0.3 is 4.90 Å². The van der Waals surface area contributed by atoms with Gasteiger partial charge in [0, 0.05) is 37.8 Å². The summed E-state index contributed by atoms with van der Waals surface area (Å²) in [5.41, 5.74) is 3.14. The van der Waals surface area contributed by atoms with Crippen LogP contribution < -0.4 is 0 Å². The number of nitrogens with zero attached hydrogens (tertiary/aromatic N) is 2. The van der Waals surface area contributed by atoms with E-state index in [9.17, 15) is 4.79 Å². The molecule has 0 bridgehead atoms. The van der Waals surface area contributed by atoms with E-state index < -0.39 is 0 Å². The minimum atomic E-state index is 0.181. The summed E-state index contributed by atoms with van der Waals surface area (Å²) < 4.78 is 0. The number of piperazine rings is 1. The van der Waals surface area contributed by atoms with Gasteiger partial charge in [-0.05, 0) is 39.3 Å². The molecular weight excluding hydrogens is 236 g/mol. The molecule has 104 valence electrons. The molecule has 0 aliphatic carbocycles. The van der Waals surface area contributed by atoms with Gasteiger partial charge in [-0.1, -0.05) is 17.7 Å². The molecule has 1 aromatic carbocycles. The second kappa shape index (κ2) is 5.74. The van der Waals surface area contributed by atoms with Crippen LogP contribution in [0.1, 0.15) is 35.3 Å². The van der Waals surface area contributed by atoms with Gasteiger partial charge in [-0.25, -0.2) is 0 Å². The second-order valence-corrected chi connectivity index (χ2v) is 5.74. The first-order valence-corrected chi connectivity index (χ1v) is 7.09. The van der Waals surface area contributed by atoms with Crippen LogP contribution in [0.2, 0.25) is 0 Å². The molecule has 1 aliphatic rings. The SMILES string of the molecule is Cc1ccc(C(=O)N2CCN(C(C)C)CC2)c(C)c1. The van der Waals surface area contributed by atoms with E-state index in [-0.39, 0.29) is 5.91 Å². The van der Waals surface area contributed by atoms with E-state index in [2.05, 4.69) is 31.7 Å². The minimum Gasteiger partial charge on any atom is -0.336 e. The van der Waals surface area contributed by atoms with Crippen molar-refractivity contribution in [3.8, 4) is 0 Å². The summed E-state index contributed by atoms with van der Waals surface area (Å²) in [6.07, 6.45) is 0. The van der Waals surface area contributed by atoms with Crippen molar-refractivity contribution < 1.29 is 4.79 Å². The predicted octanol–water partition coefficient (Wildman–Crippen LogP) is 2.47. The normalized spacial score (nSPS) is 17.0. The second-order valence-electron chi connectivity index (χ2n) is 5.74. The van der Waals surface area contributed by atoms with E-state index in [4.69, 9.17) is 0 Å². The summed E-state index contributed by atoms with van der Waals surface area (Å²) in [7, 11) is 0. The van der Waals surface area contributed by atoms with Crippen molar-refractivity contribution in [3.05, 3.63) is 34.9 Å². The Morgan fingerprint density at radius 1 is 1.11 bits per heavy atom. The van der Waals surface area contributed by atoms with E-state index in [1.54, 1.807) is 0 Å². The summed E-state index contributed by atoms with van der Waals surface area (Å²) in [4.78, 5) is 16.9. The Morgan fingerprint density at radius 2 is 1.74 bits per heavy atom. The largest absolute Gasteiger partial charge is 0.336 e. The standard InChI is InChI=1S/C16H24N2O/c1-12(2)17-7-9-18(10-8-17)16(19)15-6-5-13(3)11-14(15)4/h5-6,11-12H,7-10H2,1-4H3. The molecule has 0 N–H and O–H groups in total. The Bertz CT molecular complexity index is 460. The highest BCUT2D eigenvalue weighted by atomic mass is 16.2. The van der Waals surface area contributed by atoms with Crippen molar-refractivity contribution >= 4 is 5.91 Å². The van der Waals surface area contributed by atoms with Gasteiger partial charge in [0.25, 0.3) is 5.91 Å². The monoisotopic (exact) mass is 260 g/mol. The lowest BCUT2D eigenvalue weighted by Gasteiger charge is -2.37. The third kappa shape index (κ3) is 3.16. The van der Waals surface area contributed by atoms with E-state index in [1.807, 2.05) is 24.0 Å². The predicted molar refractivity (Wildman–Crippen MR) is 78.5 cm³/mol. The maximum absolute atomic E-state index is 12.5. The molecule has 3 heteroatoms. The van der Waals surface area contributed by atoms with Crippen LogP contribution in [0.5, 0.6) is 0 Å². The van der Waals surface area contributed by atoms with Crippen molar-refractivity contribution in [1.29, 1.82) is 0 Å². The number of rotatable bonds is 2. The van der Waals surface area contributed by atoms with Gasteiger partial charge in [-0.2, -0.15) is 0 Å². The third-order valence-electron chi connectivity index (χ3n) is 3.94. The summed E-state index contributed by atoms with van der Waals surface area (Å²) in [6, 6.07) is 6.63. The fourth-order valence-corrected chi connectivity index (χ4v) is 2.67. The van der Waals surface area contributed by atoms with Crippen molar-refractivity contribution in [2.45, 2.75) is 33.7 Å². The maximum atomic E-state index is 12.5. The first-order valence-electron chi connectivity index (χ1n) is 7.09. The Balaban J connectivity index is 2.05. The van der Waals surface area contributed by atoms with Crippen LogP contribution >= 0.6 is 0 Å². The molecule has 3 nitrogen and oxygen atoms in total. The number of carbonyl (C=O) groups excluding carboxylic acids is 1. The van der Waals surface area contributed by atoms with Crippen molar-refractivity contribution in [2.24, 2.45) is 0 Å². The zero-order valence-corrected chi connectivity index (χ0v) is 12.4. The minimum absolute atomic E-state index is 0.181. The summed E-state index contributed by atoms with van der Waals surface area (Å²) in [5.74, 6) is 0.181. The van der Waals surface area contributed by atoms with Crippen LogP contribution in [0.4, 0.5) is 0 Å². The van der Waals surface area contributed by atoms with Crippen LogP contribution in [-0.2, 0) is 0 Å². The van der Waals surface area contributed by atoms with Gasteiger partial charge in [-0.3, -0.25) is 9.69 Å². The average molecular weight is 260 g/mol. The molecule has 0 spiro atoms. The molecule has 1 heterocycles.